The Morgan fingerprint density at radius 3 is 2.00 bits per heavy atom. The Balaban J connectivity index is 3.48. The standard InChI is InChI=1S/H4NO4P/c1-6(3,4)5-2/h2H,(H3,1,3,4). The van der Waals surface area contributed by atoms with Crippen molar-refractivity contribution in [2.75, 3.05) is 0 Å². The molecule has 0 amide bonds. The van der Waals surface area contributed by atoms with Crippen molar-refractivity contribution in [3.05, 3.63) is 0 Å². The summed E-state index contributed by atoms with van der Waals surface area (Å²) in [5.74, 6) is 0. The number of rotatable bonds is 1. The molecule has 0 aromatic carbocycles. The lowest BCUT2D eigenvalue weighted by atomic mass is 13.9. The summed E-state index contributed by atoms with van der Waals surface area (Å²) >= 11 is 0. The van der Waals surface area contributed by atoms with Crippen LogP contribution in [0.5, 0.6) is 0 Å². The molecule has 0 fully saturated rings. The van der Waals surface area contributed by atoms with Crippen LogP contribution in [0.1, 0.15) is 0 Å². The lowest BCUT2D eigenvalue weighted by molar-refractivity contribution is -0.145. The van der Waals surface area contributed by atoms with Gasteiger partial charge in [0.05, 0.1) is 0 Å². The molecule has 0 radical (unpaired) electrons. The lowest BCUT2D eigenvalue weighted by Gasteiger charge is -1.92. The third-order valence-corrected chi connectivity index (χ3v) is 0.351. The van der Waals surface area contributed by atoms with E-state index in [4.69, 9.17) is 10.2 Å². The molecular weight excluding hydrogens is 109 g/mol. The zero-order chi connectivity index (χ0) is 5.21. The Hall–Kier alpha value is 0.0700. The maximum atomic E-state index is 9.44. The van der Waals surface area contributed by atoms with E-state index in [2.05, 4.69) is 10.2 Å². The molecule has 0 spiro atoms. The van der Waals surface area contributed by atoms with Gasteiger partial charge in [-0.1, -0.05) is 0 Å². The van der Waals surface area contributed by atoms with Gasteiger partial charge in [-0.05, 0) is 0 Å². The third kappa shape index (κ3) is 4.07. The molecule has 0 aliphatic heterocycles. The molecule has 6 heteroatoms. The normalized spacial score (nSPS) is 19.8. The van der Waals surface area contributed by atoms with E-state index in [1.54, 1.807) is 0 Å². The average Bonchev–Trinajstić information content (AvgIpc) is 1.35. The smallest absolute Gasteiger partial charge is 0.311 e. The van der Waals surface area contributed by atoms with Crippen LogP contribution in [0.4, 0.5) is 0 Å². The van der Waals surface area contributed by atoms with E-state index in [1.807, 2.05) is 0 Å². The summed E-state index contributed by atoms with van der Waals surface area (Å²) < 4.78 is 12.3. The fraction of sp³-hybridized carbons (Fsp3) is 0. The number of hydrogen-bond donors (Lipinski definition) is 3. The Morgan fingerprint density at radius 1 is 1.83 bits per heavy atom. The van der Waals surface area contributed by atoms with Crippen LogP contribution in [0.25, 0.3) is 0 Å². The van der Waals surface area contributed by atoms with Crippen molar-refractivity contribution in [3.8, 4) is 0 Å². The van der Waals surface area contributed by atoms with Gasteiger partial charge in [-0.2, -0.15) is 0 Å². The zero-order valence-corrected chi connectivity index (χ0v) is 3.63. The van der Waals surface area contributed by atoms with Gasteiger partial charge in [0.2, 0.25) is 0 Å². The van der Waals surface area contributed by atoms with Gasteiger partial charge in [-0.15, -0.1) is 4.67 Å². The highest BCUT2D eigenvalue weighted by atomic mass is 31.2. The molecule has 0 heterocycles. The summed E-state index contributed by atoms with van der Waals surface area (Å²) in [6, 6.07) is 0. The van der Waals surface area contributed by atoms with E-state index in [9.17, 15) is 4.57 Å². The second-order valence-corrected chi connectivity index (χ2v) is 1.94. The van der Waals surface area contributed by atoms with Crippen LogP contribution in [0.15, 0.2) is 0 Å². The van der Waals surface area contributed by atoms with Crippen molar-refractivity contribution < 1.29 is 19.4 Å². The Labute approximate surface area is 33.9 Å². The molecule has 0 bridgehead atoms. The van der Waals surface area contributed by atoms with Gasteiger partial charge in [0.25, 0.3) is 0 Å². The number of nitrogens with two attached hydrogens (primary N) is 1. The first kappa shape index (κ1) is 6.07. The van der Waals surface area contributed by atoms with Crippen molar-refractivity contribution in [3.63, 3.8) is 0 Å². The number of hydrogen-bond acceptors (Lipinski definition) is 3. The van der Waals surface area contributed by atoms with Crippen LogP contribution >= 0.6 is 7.75 Å². The summed E-state index contributed by atoms with van der Waals surface area (Å²) in [7, 11) is -4.09. The van der Waals surface area contributed by atoms with Gasteiger partial charge >= 0.3 is 7.75 Å². The minimum absolute atomic E-state index is 2.83. The highest BCUT2D eigenvalue weighted by Gasteiger charge is 2.07. The van der Waals surface area contributed by atoms with Crippen molar-refractivity contribution in [2.24, 2.45) is 5.50 Å². The maximum Gasteiger partial charge on any atom is 0.427 e. The third-order valence-electron chi connectivity index (χ3n) is 0.117. The van der Waals surface area contributed by atoms with Crippen LogP contribution < -0.4 is 5.50 Å². The van der Waals surface area contributed by atoms with Crippen molar-refractivity contribution >= 4 is 7.75 Å². The van der Waals surface area contributed by atoms with Crippen LogP contribution in [0.2, 0.25) is 0 Å². The van der Waals surface area contributed by atoms with Crippen LogP contribution in [0, 0.1) is 0 Å². The Kier molecular flexibility index (Phi) is 1.70. The van der Waals surface area contributed by atoms with E-state index >= 15 is 0 Å². The fourth-order valence-electron chi connectivity index (χ4n) is 0. The van der Waals surface area contributed by atoms with Gasteiger partial charge in [-0.3, -0.25) is 0 Å². The highest BCUT2D eigenvalue weighted by molar-refractivity contribution is 7.49. The average molecular weight is 113 g/mol. The first-order valence-electron chi connectivity index (χ1n) is 1.01. The van der Waals surface area contributed by atoms with Crippen molar-refractivity contribution in [2.45, 2.75) is 0 Å². The molecule has 4 N–H and O–H groups in total. The quantitative estimate of drug-likeness (QED) is 0.243. The first-order chi connectivity index (χ1) is 2.56. The highest BCUT2D eigenvalue weighted by Crippen LogP contribution is 2.28. The molecule has 0 rings (SSSR count). The SMILES string of the molecule is NP(=O)(O)OO. The van der Waals surface area contributed by atoms with Crippen LogP contribution in [-0.4, -0.2) is 10.2 Å². The molecule has 6 heavy (non-hydrogen) atoms. The van der Waals surface area contributed by atoms with E-state index in [0.29, 0.717) is 0 Å². The molecule has 1 unspecified atom stereocenters. The van der Waals surface area contributed by atoms with Gasteiger partial charge < -0.3 is 4.89 Å². The minimum atomic E-state index is -4.09. The van der Waals surface area contributed by atoms with E-state index in [-0.39, 0.29) is 0 Å². The summed E-state index contributed by atoms with van der Waals surface area (Å²) in [6.45, 7) is 0. The largest absolute Gasteiger partial charge is 0.427 e. The Morgan fingerprint density at radius 2 is 2.00 bits per heavy atom. The van der Waals surface area contributed by atoms with Gasteiger partial charge in [0, 0.05) is 0 Å². The molecule has 0 aromatic rings. The molecule has 0 aromatic heterocycles. The molecule has 5 nitrogen and oxygen atoms in total. The van der Waals surface area contributed by atoms with Crippen LogP contribution in [-0.2, 0) is 9.24 Å². The topological polar surface area (TPSA) is 92.8 Å². The summed E-state index contributed by atoms with van der Waals surface area (Å²) in [5, 5.41) is 7.26. The Bertz CT molecular complexity index is 71.6. The predicted octanol–water partition coefficient (Wildman–Crippen LogP) is -0.465. The second-order valence-electron chi connectivity index (χ2n) is 0.646. The van der Waals surface area contributed by atoms with Crippen molar-refractivity contribution in [1.82, 2.24) is 0 Å². The molecular formula is H4NO4P. The first-order valence-corrected chi connectivity index (χ1v) is 2.65. The molecule has 0 saturated heterocycles. The monoisotopic (exact) mass is 113 g/mol. The molecule has 1 atom stereocenters. The van der Waals surface area contributed by atoms with Crippen molar-refractivity contribution in [1.29, 1.82) is 0 Å². The van der Waals surface area contributed by atoms with E-state index in [0.717, 1.165) is 0 Å². The molecule has 0 aliphatic carbocycles. The second kappa shape index (κ2) is 1.68. The molecule has 0 aliphatic rings. The fourth-order valence-corrected chi connectivity index (χ4v) is 0. The van der Waals surface area contributed by atoms with E-state index < -0.39 is 7.75 Å². The molecule has 0 saturated carbocycles. The van der Waals surface area contributed by atoms with Gasteiger partial charge in [0.15, 0.2) is 0 Å². The summed E-state index contributed by atoms with van der Waals surface area (Å²) in [4.78, 5) is 7.69. The minimum Gasteiger partial charge on any atom is -0.311 e. The summed E-state index contributed by atoms with van der Waals surface area (Å²) in [5.41, 5.74) is 4.17. The van der Waals surface area contributed by atoms with Gasteiger partial charge in [0.1, 0.15) is 0 Å². The van der Waals surface area contributed by atoms with E-state index in [1.165, 1.54) is 0 Å². The zero-order valence-electron chi connectivity index (χ0n) is 2.74. The maximum absolute atomic E-state index is 9.44. The van der Waals surface area contributed by atoms with Gasteiger partial charge in [-0.25, -0.2) is 15.3 Å². The van der Waals surface area contributed by atoms with Crippen LogP contribution in [0.3, 0.4) is 0 Å². The molecule has 38 valence electrons. The lowest BCUT2D eigenvalue weighted by Crippen LogP contribution is -1.93. The predicted molar refractivity (Wildman–Crippen MR) is 17.7 cm³/mol. The summed E-state index contributed by atoms with van der Waals surface area (Å²) in [6.07, 6.45) is 0.